The van der Waals surface area contributed by atoms with E-state index < -0.39 is 0 Å². The van der Waals surface area contributed by atoms with Crippen molar-refractivity contribution in [3.8, 4) is 0 Å². The number of thiol groups is 1. The number of nitrogens with two attached hydrogens (primary N) is 1. The third kappa shape index (κ3) is 6.22. The topological polar surface area (TPSA) is 46.2 Å². The molecule has 0 bridgehead atoms. The van der Waals surface area contributed by atoms with Gasteiger partial charge in [0.25, 0.3) is 0 Å². The summed E-state index contributed by atoms with van der Waals surface area (Å²) in [5, 5.41) is 7.80. The van der Waals surface area contributed by atoms with Crippen LogP contribution in [0.2, 0.25) is 0 Å². The summed E-state index contributed by atoms with van der Waals surface area (Å²) in [4.78, 5) is 0. The first-order valence-electron chi connectivity index (χ1n) is 3.80. The van der Waals surface area contributed by atoms with Gasteiger partial charge in [0.05, 0.1) is 6.61 Å². The fourth-order valence-electron chi connectivity index (χ4n) is 0.614. The number of rotatable bonds is 2. The lowest BCUT2D eigenvalue weighted by molar-refractivity contribution is 0.323. The van der Waals surface area contributed by atoms with Crippen molar-refractivity contribution in [1.82, 2.24) is 0 Å². The molecule has 0 unspecified atom stereocenters. The third-order valence-electron chi connectivity index (χ3n) is 1.18. The van der Waals surface area contributed by atoms with Gasteiger partial charge in [-0.1, -0.05) is 30.3 Å². The minimum Gasteiger partial charge on any atom is -0.396 e. The van der Waals surface area contributed by atoms with Crippen LogP contribution in [0, 0.1) is 0 Å². The molecule has 2 nitrogen and oxygen atoms in total. The van der Waals surface area contributed by atoms with E-state index in [0.717, 1.165) is 0 Å². The van der Waals surface area contributed by atoms with Gasteiger partial charge in [-0.05, 0) is 5.56 Å². The highest BCUT2D eigenvalue weighted by molar-refractivity contribution is 7.80. The molecule has 1 aromatic rings. The van der Waals surface area contributed by atoms with Gasteiger partial charge >= 0.3 is 0 Å². The molecule has 3 N–H and O–H groups in total. The van der Waals surface area contributed by atoms with Crippen LogP contribution in [0.5, 0.6) is 0 Å². The standard InChI is InChI=1S/C7H9N.C2H6OS/c8-6-7-4-2-1-3-5-7;3-1-2-4/h1-5H,6,8H2;3-4H,1-2H2. The van der Waals surface area contributed by atoms with Gasteiger partial charge in [0.15, 0.2) is 0 Å². The maximum atomic E-state index is 7.80. The second-order valence-corrected chi connectivity index (χ2v) is 2.58. The van der Waals surface area contributed by atoms with Crippen molar-refractivity contribution in [1.29, 1.82) is 0 Å². The van der Waals surface area contributed by atoms with Crippen molar-refractivity contribution in [3.05, 3.63) is 35.9 Å². The Morgan fingerprint density at radius 1 is 1.25 bits per heavy atom. The first kappa shape index (κ1) is 11.5. The Morgan fingerprint density at radius 3 is 2.00 bits per heavy atom. The quantitative estimate of drug-likeness (QED) is 0.603. The number of hydrogen-bond donors (Lipinski definition) is 3. The predicted molar refractivity (Wildman–Crippen MR) is 55.3 cm³/mol. The van der Waals surface area contributed by atoms with Crippen molar-refractivity contribution in [2.45, 2.75) is 6.54 Å². The first-order chi connectivity index (χ1) is 5.85. The van der Waals surface area contributed by atoms with Gasteiger partial charge < -0.3 is 10.8 Å². The van der Waals surface area contributed by atoms with E-state index in [1.165, 1.54) is 5.56 Å². The van der Waals surface area contributed by atoms with Gasteiger partial charge in [0.1, 0.15) is 0 Å². The largest absolute Gasteiger partial charge is 0.396 e. The molecule has 0 heterocycles. The van der Waals surface area contributed by atoms with E-state index in [0.29, 0.717) is 12.3 Å². The van der Waals surface area contributed by atoms with Crippen LogP contribution in [0.4, 0.5) is 0 Å². The Labute approximate surface area is 78.8 Å². The summed E-state index contributed by atoms with van der Waals surface area (Å²) < 4.78 is 0. The van der Waals surface area contributed by atoms with E-state index in [1.54, 1.807) is 0 Å². The molecule has 0 saturated carbocycles. The minimum atomic E-state index is 0.184. The average molecular weight is 185 g/mol. The van der Waals surface area contributed by atoms with Gasteiger partial charge in [0.2, 0.25) is 0 Å². The molecule has 68 valence electrons. The average Bonchev–Trinajstić information content (AvgIpc) is 2.19. The minimum absolute atomic E-state index is 0.184. The van der Waals surface area contributed by atoms with Gasteiger partial charge in [-0.25, -0.2) is 0 Å². The fraction of sp³-hybridized carbons (Fsp3) is 0.333. The van der Waals surface area contributed by atoms with Crippen LogP contribution < -0.4 is 5.73 Å². The molecule has 12 heavy (non-hydrogen) atoms. The van der Waals surface area contributed by atoms with Crippen molar-refractivity contribution in [3.63, 3.8) is 0 Å². The molecule has 0 aromatic heterocycles. The summed E-state index contributed by atoms with van der Waals surface area (Å²) in [6, 6.07) is 9.99. The molecule has 0 atom stereocenters. The zero-order chi connectivity index (χ0) is 9.23. The smallest absolute Gasteiger partial charge is 0.0519 e. The molecule has 0 saturated heterocycles. The van der Waals surface area contributed by atoms with Crippen molar-refractivity contribution >= 4 is 12.6 Å². The maximum Gasteiger partial charge on any atom is 0.0519 e. The molecule has 0 aliphatic carbocycles. The maximum absolute atomic E-state index is 7.80. The summed E-state index contributed by atoms with van der Waals surface area (Å²) in [7, 11) is 0. The number of benzene rings is 1. The SMILES string of the molecule is NCc1ccccc1.OCCS. The van der Waals surface area contributed by atoms with E-state index in [1.807, 2.05) is 30.3 Å². The normalized spacial score (nSPS) is 8.58. The van der Waals surface area contributed by atoms with Gasteiger partial charge in [-0.15, -0.1) is 0 Å². The van der Waals surface area contributed by atoms with Crippen LogP contribution in [0.25, 0.3) is 0 Å². The molecule has 0 aliphatic heterocycles. The Hall–Kier alpha value is -0.510. The molecule has 3 heteroatoms. The van der Waals surface area contributed by atoms with Gasteiger partial charge in [-0.3, -0.25) is 0 Å². The molecular formula is C9H15NOS. The second-order valence-electron chi connectivity index (χ2n) is 2.14. The lowest BCUT2D eigenvalue weighted by Crippen LogP contribution is -1.94. The lowest BCUT2D eigenvalue weighted by atomic mass is 10.2. The van der Waals surface area contributed by atoms with Crippen molar-refractivity contribution in [2.24, 2.45) is 5.73 Å². The summed E-state index contributed by atoms with van der Waals surface area (Å²) in [5.41, 5.74) is 6.54. The predicted octanol–water partition coefficient (Wildman–Crippen LogP) is 1.05. The second kappa shape index (κ2) is 8.59. The number of aliphatic hydroxyl groups excluding tert-OH is 1. The van der Waals surface area contributed by atoms with Crippen LogP contribution in [0.1, 0.15) is 5.56 Å². The van der Waals surface area contributed by atoms with Crippen LogP contribution >= 0.6 is 12.6 Å². The molecular weight excluding hydrogens is 170 g/mol. The summed E-state index contributed by atoms with van der Waals surface area (Å²) in [5.74, 6) is 0.569. The van der Waals surface area contributed by atoms with E-state index in [2.05, 4.69) is 12.6 Å². The van der Waals surface area contributed by atoms with Crippen LogP contribution in [0.3, 0.4) is 0 Å². The van der Waals surface area contributed by atoms with Crippen molar-refractivity contribution < 1.29 is 5.11 Å². The van der Waals surface area contributed by atoms with Gasteiger partial charge in [0, 0.05) is 12.3 Å². The number of hydrogen-bond acceptors (Lipinski definition) is 3. The number of aliphatic hydroxyl groups is 1. The zero-order valence-corrected chi connectivity index (χ0v) is 7.87. The lowest BCUT2D eigenvalue weighted by Gasteiger charge is -1.90. The summed E-state index contributed by atoms with van der Waals surface area (Å²) in [6.07, 6.45) is 0. The van der Waals surface area contributed by atoms with E-state index >= 15 is 0 Å². The molecule has 0 amide bonds. The Bertz CT molecular complexity index is 177. The van der Waals surface area contributed by atoms with Crippen molar-refractivity contribution in [2.75, 3.05) is 12.4 Å². The Balaban J connectivity index is 0.000000261. The molecule has 0 fully saturated rings. The van der Waals surface area contributed by atoms with Crippen LogP contribution in [-0.2, 0) is 6.54 Å². The van der Waals surface area contributed by atoms with Crippen LogP contribution in [-0.4, -0.2) is 17.5 Å². The first-order valence-corrected chi connectivity index (χ1v) is 4.44. The monoisotopic (exact) mass is 185 g/mol. The molecule has 0 spiro atoms. The highest BCUT2D eigenvalue weighted by Gasteiger charge is 1.80. The van der Waals surface area contributed by atoms with Crippen LogP contribution in [0.15, 0.2) is 30.3 Å². The Kier molecular flexibility index (Phi) is 8.22. The van der Waals surface area contributed by atoms with E-state index in [-0.39, 0.29) is 6.61 Å². The van der Waals surface area contributed by atoms with Gasteiger partial charge in [-0.2, -0.15) is 12.6 Å². The van der Waals surface area contributed by atoms with E-state index in [9.17, 15) is 0 Å². The fourth-order valence-corrected chi connectivity index (χ4v) is 0.614. The molecule has 1 rings (SSSR count). The van der Waals surface area contributed by atoms with E-state index in [4.69, 9.17) is 10.8 Å². The Morgan fingerprint density at radius 2 is 1.75 bits per heavy atom. The molecule has 1 aromatic carbocycles. The molecule has 0 radical (unpaired) electrons. The summed E-state index contributed by atoms with van der Waals surface area (Å²) in [6.45, 7) is 0.823. The third-order valence-corrected chi connectivity index (χ3v) is 1.38. The zero-order valence-electron chi connectivity index (χ0n) is 6.98. The molecule has 0 aliphatic rings. The highest BCUT2D eigenvalue weighted by Crippen LogP contribution is 1.94. The highest BCUT2D eigenvalue weighted by atomic mass is 32.1. The summed E-state index contributed by atoms with van der Waals surface area (Å²) >= 11 is 3.67.